The number of rotatable bonds is 0. The molecule has 4 nitrogen and oxygen atoms in total. The summed E-state index contributed by atoms with van der Waals surface area (Å²) < 4.78 is 7.39. The third-order valence-electron chi connectivity index (χ3n) is 2.53. The van der Waals surface area contributed by atoms with Crippen LogP contribution in [0.1, 0.15) is 12.8 Å². The van der Waals surface area contributed by atoms with Gasteiger partial charge in [-0.15, -0.1) is 0 Å². The second kappa shape index (κ2) is 3.87. The first-order valence-corrected chi connectivity index (χ1v) is 4.84. The Bertz CT molecular complexity index is 240. The lowest BCUT2D eigenvalue weighted by atomic mass is 10.1. The first kappa shape index (κ1) is 8.69. The predicted octanol–water partition coefficient (Wildman–Crippen LogP) is -0.620. The van der Waals surface area contributed by atoms with Crippen molar-refractivity contribution in [2.45, 2.75) is 12.8 Å². The van der Waals surface area contributed by atoms with Gasteiger partial charge in [0.05, 0.1) is 0 Å². The van der Waals surface area contributed by atoms with Crippen molar-refractivity contribution in [1.29, 1.82) is 0 Å². The number of nitrogens with one attached hydrogen (secondary N) is 1. The average molecular weight is 183 g/mol. The highest BCUT2D eigenvalue weighted by Crippen LogP contribution is 2.01. The van der Waals surface area contributed by atoms with E-state index in [9.17, 15) is 4.79 Å². The molecule has 0 bridgehead atoms. The van der Waals surface area contributed by atoms with Crippen molar-refractivity contribution in [2.75, 3.05) is 32.8 Å². The van der Waals surface area contributed by atoms with Gasteiger partial charge in [-0.3, -0.25) is 4.79 Å². The molecule has 0 saturated carbocycles. The van der Waals surface area contributed by atoms with E-state index in [0.29, 0.717) is 0 Å². The van der Waals surface area contributed by atoms with Gasteiger partial charge < -0.3 is 10.1 Å². The van der Waals surface area contributed by atoms with E-state index in [0.717, 1.165) is 51.4 Å². The quantitative estimate of drug-likeness (QED) is 0.508. The Hall–Kier alpha value is -0.900. The van der Waals surface area contributed by atoms with Gasteiger partial charge in [0.2, 0.25) is 5.71 Å². The van der Waals surface area contributed by atoms with Crippen molar-refractivity contribution >= 4 is 11.6 Å². The number of carbonyl (C=O) groups excluding carboxylic acids is 1. The molecule has 72 valence electrons. The Labute approximate surface area is 77.6 Å². The van der Waals surface area contributed by atoms with E-state index < -0.39 is 0 Å². The Kier molecular flexibility index (Phi) is 2.59. The first-order valence-electron chi connectivity index (χ1n) is 4.84. The van der Waals surface area contributed by atoms with Crippen LogP contribution in [0.15, 0.2) is 0 Å². The van der Waals surface area contributed by atoms with Crippen molar-refractivity contribution in [1.82, 2.24) is 5.32 Å². The minimum Gasteiger partial charge on any atom is -0.368 e. The van der Waals surface area contributed by atoms with E-state index in [-0.39, 0.29) is 5.91 Å². The lowest BCUT2D eigenvalue weighted by Gasteiger charge is -2.17. The third kappa shape index (κ3) is 1.88. The fraction of sp³-hybridized carbons (Fsp3) is 0.778. The van der Waals surface area contributed by atoms with E-state index in [1.54, 1.807) is 0 Å². The predicted molar refractivity (Wildman–Crippen MR) is 48.1 cm³/mol. The molecule has 0 aromatic rings. The molecule has 2 aliphatic rings. The number of hydrogen-bond donors (Lipinski definition) is 1. The van der Waals surface area contributed by atoms with Crippen LogP contribution >= 0.6 is 0 Å². The van der Waals surface area contributed by atoms with E-state index in [1.165, 1.54) is 0 Å². The SMILES string of the molecule is O=C1NCCCC1=[N+]1CCOCC1. The van der Waals surface area contributed by atoms with Gasteiger partial charge in [0.25, 0.3) is 0 Å². The molecule has 1 N–H and O–H groups in total. The fourth-order valence-electron chi connectivity index (χ4n) is 1.81. The molecular weight excluding hydrogens is 168 g/mol. The molecule has 2 aliphatic heterocycles. The van der Waals surface area contributed by atoms with Crippen LogP contribution in [0.4, 0.5) is 0 Å². The van der Waals surface area contributed by atoms with E-state index >= 15 is 0 Å². The lowest BCUT2D eigenvalue weighted by Crippen LogP contribution is -2.45. The maximum atomic E-state index is 11.5. The summed E-state index contributed by atoms with van der Waals surface area (Å²) >= 11 is 0. The molecule has 0 atom stereocenters. The molecule has 0 radical (unpaired) electrons. The number of hydrogen-bond acceptors (Lipinski definition) is 2. The zero-order valence-corrected chi connectivity index (χ0v) is 7.71. The number of morpholine rings is 1. The molecular formula is C9H15N2O2+. The van der Waals surface area contributed by atoms with Crippen molar-refractivity contribution in [3.05, 3.63) is 0 Å². The molecule has 2 heterocycles. The van der Waals surface area contributed by atoms with Crippen LogP contribution in [-0.4, -0.2) is 49.0 Å². The Morgan fingerprint density at radius 1 is 1.31 bits per heavy atom. The second-order valence-electron chi connectivity index (χ2n) is 3.41. The number of carbonyl (C=O) groups is 1. The largest absolute Gasteiger partial charge is 0.368 e. The summed E-state index contributed by atoms with van der Waals surface area (Å²) in [6, 6.07) is 0. The fourth-order valence-corrected chi connectivity index (χ4v) is 1.81. The molecule has 4 heteroatoms. The number of amides is 1. The molecule has 2 saturated heterocycles. The Morgan fingerprint density at radius 3 is 2.77 bits per heavy atom. The summed E-state index contributed by atoms with van der Waals surface area (Å²) in [6.45, 7) is 4.05. The zero-order valence-electron chi connectivity index (χ0n) is 7.71. The summed E-state index contributed by atoms with van der Waals surface area (Å²) in [5.41, 5.74) is 0.953. The van der Waals surface area contributed by atoms with Crippen LogP contribution < -0.4 is 5.32 Å². The minimum atomic E-state index is 0.119. The van der Waals surface area contributed by atoms with Gasteiger partial charge in [0.15, 0.2) is 13.1 Å². The van der Waals surface area contributed by atoms with Gasteiger partial charge >= 0.3 is 5.91 Å². The van der Waals surface area contributed by atoms with Crippen LogP contribution in [0, 0.1) is 0 Å². The first-order chi connectivity index (χ1) is 6.38. The monoisotopic (exact) mass is 183 g/mol. The summed E-state index contributed by atoms with van der Waals surface area (Å²) in [6.07, 6.45) is 1.99. The van der Waals surface area contributed by atoms with Crippen molar-refractivity contribution in [3.63, 3.8) is 0 Å². The zero-order chi connectivity index (χ0) is 9.10. The van der Waals surface area contributed by atoms with E-state index in [1.807, 2.05) is 0 Å². The van der Waals surface area contributed by atoms with Crippen LogP contribution in [0.2, 0.25) is 0 Å². The molecule has 0 unspecified atom stereocenters. The summed E-state index contributed by atoms with van der Waals surface area (Å²) in [5.74, 6) is 0.119. The van der Waals surface area contributed by atoms with Crippen LogP contribution in [-0.2, 0) is 9.53 Å². The molecule has 2 fully saturated rings. The molecule has 0 spiro atoms. The van der Waals surface area contributed by atoms with Crippen molar-refractivity contribution in [3.8, 4) is 0 Å². The van der Waals surface area contributed by atoms with Gasteiger partial charge in [-0.1, -0.05) is 0 Å². The highest BCUT2D eigenvalue weighted by molar-refractivity contribution is 6.37. The third-order valence-corrected chi connectivity index (χ3v) is 2.53. The number of ether oxygens (including phenoxy) is 1. The smallest absolute Gasteiger partial charge is 0.310 e. The maximum absolute atomic E-state index is 11.5. The Balaban J connectivity index is 2.13. The number of piperidine rings is 1. The van der Waals surface area contributed by atoms with Crippen LogP contribution in [0.3, 0.4) is 0 Å². The van der Waals surface area contributed by atoms with Gasteiger partial charge in [0, 0.05) is 13.0 Å². The topological polar surface area (TPSA) is 41.3 Å². The van der Waals surface area contributed by atoms with Gasteiger partial charge in [0.1, 0.15) is 13.2 Å². The summed E-state index contributed by atoms with van der Waals surface area (Å²) in [5, 5.41) is 2.87. The Morgan fingerprint density at radius 2 is 2.08 bits per heavy atom. The van der Waals surface area contributed by atoms with Crippen LogP contribution in [0.5, 0.6) is 0 Å². The van der Waals surface area contributed by atoms with Crippen molar-refractivity contribution < 1.29 is 14.1 Å². The lowest BCUT2D eigenvalue weighted by molar-refractivity contribution is -0.549. The van der Waals surface area contributed by atoms with Crippen molar-refractivity contribution in [2.24, 2.45) is 0 Å². The van der Waals surface area contributed by atoms with E-state index in [2.05, 4.69) is 9.89 Å². The highest BCUT2D eigenvalue weighted by Gasteiger charge is 2.26. The second-order valence-corrected chi connectivity index (χ2v) is 3.41. The summed E-state index contributed by atoms with van der Waals surface area (Å²) in [7, 11) is 0. The molecule has 13 heavy (non-hydrogen) atoms. The van der Waals surface area contributed by atoms with E-state index in [4.69, 9.17) is 4.74 Å². The maximum Gasteiger partial charge on any atom is 0.310 e. The minimum absolute atomic E-state index is 0.119. The van der Waals surface area contributed by atoms with Gasteiger partial charge in [-0.25, -0.2) is 4.58 Å². The van der Waals surface area contributed by atoms with Crippen LogP contribution in [0.25, 0.3) is 0 Å². The summed E-state index contributed by atoms with van der Waals surface area (Å²) in [4.78, 5) is 11.5. The molecule has 0 aromatic heterocycles. The molecule has 0 aromatic carbocycles. The molecule has 1 amide bonds. The average Bonchev–Trinajstić information content (AvgIpc) is 2.20. The normalized spacial score (nSPS) is 24.5. The molecule has 2 rings (SSSR count). The highest BCUT2D eigenvalue weighted by atomic mass is 16.5. The number of nitrogens with zero attached hydrogens (tertiary/aromatic N) is 1. The molecule has 0 aliphatic carbocycles. The standard InChI is InChI=1S/C9H14N2O2/c12-9-8(2-1-3-10-9)11-4-6-13-7-5-11/h1-7H2/p+1. The van der Waals surface area contributed by atoms with Gasteiger partial charge in [-0.05, 0) is 6.42 Å². The van der Waals surface area contributed by atoms with Gasteiger partial charge in [-0.2, -0.15) is 0 Å².